The van der Waals surface area contributed by atoms with Crippen molar-refractivity contribution in [3.63, 3.8) is 0 Å². The number of benzene rings is 3. The number of hydrogen-bond donors (Lipinski definition) is 1. The summed E-state index contributed by atoms with van der Waals surface area (Å²) in [7, 11) is 0. The molecule has 0 bridgehead atoms. The van der Waals surface area contributed by atoms with Crippen molar-refractivity contribution in [3.8, 4) is 0 Å². The lowest BCUT2D eigenvalue weighted by Crippen LogP contribution is -2.16. The van der Waals surface area contributed by atoms with Crippen LogP contribution in [-0.4, -0.2) is 22.4 Å². The number of anilines is 3. The Balaban J connectivity index is 1.39. The minimum absolute atomic E-state index is 0.139. The van der Waals surface area contributed by atoms with E-state index in [-0.39, 0.29) is 11.4 Å². The van der Waals surface area contributed by atoms with Crippen molar-refractivity contribution >= 4 is 39.7 Å². The van der Waals surface area contributed by atoms with Gasteiger partial charge in [-0.05, 0) is 66.9 Å². The van der Waals surface area contributed by atoms with Crippen molar-refractivity contribution in [2.24, 2.45) is 0 Å². The second kappa shape index (κ2) is 7.77. The van der Waals surface area contributed by atoms with Gasteiger partial charge >= 0.3 is 0 Å². The zero-order valence-electron chi connectivity index (χ0n) is 17.4. The van der Waals surface area contributed by atoms with Crippen LogP contribution in [0.3, 0.4) is 0 Å². The van der Waals surface area contributed by atoms with Gasteiger partial charge in [0.05, 0.1) is 10.4 Å². The standard InChI is InChI=1S/C25H20N4O3/c1-16-6-7-18-15-19-12-13-28(24(19)26-22(18)14-16)20-10-8-17(9-11-20)25(30)27-21-4-2-3-5-23(21)29(31)32/h2-11,14-15H,12-13H2,1H3,(H,27,30). The average Bonchev–Trinajstić information content (AvgIpc) is 3.20. The number of nitrogens with one attached hydrogen (secondary N) is 1. The molecule has 1 N–H and O–H groups in total. The predicted octanol–water partition coefficient (Wildman–Crippen LogP) is 5.40. The molecule has 0 aliphatic carbocycles. The van der Waals surface area contributed by atoms with Crippen molar-refractivity contribution in [2.45, 2.75) is 13.3 Å². The van der Waals surface area contributed by atoms with Crippen LogP contribution in [0.5, 0.6) is 0 Å². The normalized spacial score (nSPS) is 12.6. The summed E-state index contributed by atoms with van der Waals surface area (Å²) in [5.74, 6) is 0.549. The summed E-state index contributed by atoms with van der Waals surface area (Å²) < 4.78 is 0. The van der Waals surface area contributed by atoms with E-state index in [0.717, 1.165) is 35.4 Å². The Bertz CT molecular complexity index is 1370. The molecule has 3 aromatic carbocycles. The number of aryl methyl sites for hydroxylation is 1. The van der Waals surface area contributed by atoms with Gasteiger partial charge in [-0.1, -0.05) is 24.3 Å². The molecule has 158 valence electrons. The zero-order valence-corrected chi connectivity index (χ0v) is 17.4. The monoisotopic (exact) mass is 424 g/mol. The molecule has 0 radical (unpaired) electrons. The summed E-state index contributed by atoms with van der Waals surface area (Å²) in [6, 6.07) is 21.8. The molecule has 1 aliphatic rings. The largest absolute Gasteiger partial charge is 0.326 e. The van der Waals surface area contributed by atoms with Crippen molar-refractivity contribution in [3.05, 3.63) is 99.6 Å². The minimum atomic E-state index is -0.512. The van der Waals surface area contributed by atoms with Crippen LogP contribution in [0.4, 0.5) is 22.9 Å². The number of carbonyl (C=O) groups excluding carboxylic acids is 1. The summed E-state index contributed by atoms with van der Waals surface area (Å²) in [5.41, 5.74) is 4.75. The maximum absolute atomic E-state index is 12.6. The number of aromatic nitrogens is 1. The molecule has 4 aromatic rings. The van der Waals surface area contributed by atoms with E-state index >= 15 is 0 Å². The number of pyridine rings is 1. The molecule has 1 aromatic heterocycles. The molecule has 0 atom stereocenters. The van der Waals surface area contributed by atoms with Gasteiger partial charge in [-0.3, -0.25) is 14.9 Å². The topological polar surface area (TPSA) is 88.4 Å². The SMILES string of the molecule is Cc1ccc2cc3c(nc2c1)N(c1ccc(C(=O)Nc2ccccc2[N+](=O)[O-])cc1)CC3. The number of fused-ring (bicyclic) bond motifs is 2. The van der Waals surface area contributed by atoms with Crippen LogP contribution in [-0.2, 0) is 6.42 Å². The molecule has 5 rings (SSSR count). The van der Waals surface area contributed by atoms with Crippen LogP contribution in [0.1, 0.15) is 21.5 Å². The summed E-state index contributed by atoms with van der Waals surface area (Å²) in [6.07, 6.45) is 0.909. The minimum Gasteiger partial charge on any atom is -0.326 e. The van der Waals surface area contributed by atoms with Gasteiger partial charge in [0.15, 0.2) is 0 Å². The van der Waals surface area contributed by atoms with Crippen molar-refractivity contribution < 1.29 is 9.72 Å². The molecule has 0 saturated heterocycles. The second-order valence-corrected chi connectivity index (χ2v) is 7.84. The van der Waals surface area contributed by atoms with E-state index in [0.29, 0.717) is 5.56 Å². The maximum atomic E-state index is 12.6. The molecule has 2 heterocycles. The molecule has 0 spiro atoms. The Kier molecular flexibility index (Phi) is 4.78. The first-order chi connectivity index (χ1) is 15.5. The van der Waals surface area contributed by atoms with Crippen LogP contribution >= 0.6 is 0 Å². The van der Waals surface area contributed by atoms with E-state index in [1.165, 1.54) is 23.3 Å². The molecular formula is C25H20N4O3. The van der Waals surface area contributed by atoms with E-state index in [2.05, 4.69) is 41.4 Å². The number of hydrogen-bond acceptors (Lipinski definition) is 5. The van der Waals surface area contributed by atoms with Gasteiger partial charge in [-0.15, -0.1) is 0 Å². The van der Waals surface area contributed by atoms with Gasteiger partial charge < -0.3 is 10.2 Å². The Labute approximate surface area is 184 Å². The van der Waals surface area contributed by atoms with E-state index in [1.54, 1.807) is 24.3 Å². The first-order valence-electron chi connectivity index (χ1n) is 10.3. The molecule has 1 amide bonds. The van der Waals surface area contributed by atoms with Gasteiger partial charge in [0.1, 0.15) is 11.5 Å². The molecule has 0 unspecified atom stereocenters. The smallest absolute Gasteiger partial charge is 0.292 e. The fourth-order valence-corrected chi connectivity index (χ4v) is 4.04. The van der Waals surface area contributed by atoms with Crippen molar-refractivity contribution in [2.75, 3.05) is 16.8 Å². The highest BCUT2D eigenvalue weighted by Crippen LogP contribution is 2.35. The van der Waals surface area contributed by atoms with Crippen LogP contribution in [0.15, 0.2) is 72.8 Å². The number of carbonyl (C=O) groups is 1. The second-order valence-electron chi connectivity index (χ2n) is 7.84. The number of nitro benzene ring substituents is 1. The first-order valence-corrected chi connectivity index (χ1v) is 10.3. The van der Waals surface area contributed by atoms with Gasteiger partial charge in [-0.25, -0.2) is 4.98 Å². The third-order valence-corrected chi connectivity index (χ3v) is 5.68. The fraction of sp³-hybridized carbons (Fsp3) is 0.120. The van der Waals surface area contributed by atoms with Crippen molar-refractivity contribution in [1.82, 2.24) is 4.98 Å². The van der Waals surface area contributed by atoms with Crippen LogP contribution in [0.25, 0.3) is 10.9 Å². The molecular weight excluding hydrogens is 404 g/mol. The van der Waals surface area contributed by atoms with E-state index in [4.69, 9.17) is 4.98 Å². The molecule has 0 saturated carbocycles. The predicted molar refractivity (Wildman–Crippen MR) is 125 cm³/mol. The molecule has 1 aliphatic heterocycles. The Morgan fingerprint density at radius 2 is 1.84 bits per heavy atom. The first kappa shape index (κ1) is 19.7. The Morgan fingerprint density at radius 1 is 1.06 bits per heavy atom. The maximum Gasteiger partial charge on any atom is 0.292 e. The lowest BCUT2D eigenvalue weighted by atomic mass is 10.1. The fourth-order valence-electron chi connectivity index (χ4n) is 4.04. The lowest BCUT2D eigenvalue weighted by molar-refractivity contribution is -0.383. The molecule has 7 heteroatoms. The van der Waals surface area contributed by atoms with E-state index in [9.17, 15) is 14.9 Å². The highest BCUT2D eigenvalue weighted by Gasteiger charge is 2.23. The van der Waals surface area contributed by atoms with Crippen molar-refractivity contribution in [1.29, 1.82) is 0 Å². The van der Waals surface area contributed by atoms with Gasteiger partial charge in [-0.2, -0.15) is 0 Å². The quantitative estimate of drug-likeness (QED) is 0.350. The molecule has 7 nitrogen and oxygen atoms in total. The molecule has 32 heavy (non-hydrogen) atoms. The number of nitro groups is 1. The van der Waals surface area contributed by atoms with Gasteiger partial charge in [0, 0.05) is 29.2 Å². The van der Waals surface area contributed by atoms with Crippen LogP contribution in [0, 0.1) is 17.0 Å². The number of amides is 1. The van der Waals surface area contributed by atoms with Crippen LogP contribution < -0.4 is 10.2 Å². The summed E-state index contributed by atoms with van der Waals surface area (Å²) in [6.45, 7) is 2.87. The highest BCUT2D eigenvalue weighted by atomic mass is 16.6. The number of para-hydroxylation sites is 2. The Morgan fingerprint density at radius 3 is 2.62 bits per heavy atom. The van der Waals surface area contributed by atoms with Gasteiger partial charge in [0.25, 0.3) is 11.6 Å². The average molecular weight is 424 g/mol. The van der Waals surface area contributed by atoms with E-state index in [1.807, 2.05) is 12.1 Å². The summed E-state index contributed by atoms with van der Waals surface area (Å²) in [5, 5.41) is 14.9. The third-order valence-electron chi connectivity index (χ3n) is 5.68. The number of nitrogens with zero attached hydrogens (tertiary/aromatic N) is 3. The summed E-state index contributed by atoms with van der Waals surface area (Å²) >= 11 is 0. The van der Waals surface area contributed by atoms with E-state index < -0.39 is 10.8 Å². The highest BCUT2D eigenvalue weighted by molar-refractivity contribution is 6.05. The van der Waals surface area contributed by atoms with Crippen LogP contribution in [0.2, 0.25) is 0 Å². The Hall–Kier alpha value is -4.26. The zero-order chi connectivity index (χ0) is 22.2. The van der Waals surface area contributed by atoms with Gasteiger partial charge in [0.2, 0.25) is 0 Å². The number of rotatable bonds is 4. The summed E-state index contributed by atoms with van der Waals surface area (Å²) in [4.78, 5) is 30.4. The third kappa shape index (κ3) is 3.54. The lowest BCUT2D eigenvalue weighted by Gasteiger charge is -2.19. The molecule has 0 fully saturated rings.